The Kier molecular flexibility index (Phi) is 7.13. The van der Waals surface area contributed by atoms with Gasteiger partial charge in [-0.05, 0) is 43.9 Å². The fourth-order valence-electron chi connectivity index (χ4n) is 4.75. The third-order valence-corrected chi connectivity index (χ3v) is 8.43. The summed E-state index contributed by atoms with van der Waals surface area (Å²) in [4.78, 5) is 50.4. The number of benzene rings is 1. The molecule has 0 unspecified atom stereocenters. The fraction of sp³-hybridized carbons (Fsp3) is 0.462. The number of carbonyl (C=O) groups is 3. The number of H-pyrrole nitrogens is 1. The molecular weight excluding hydrogens is 512 g/mol. The van der Waals surface area contributed by atoms with E-state index in [1.807, 2.05) is 32.3 Å². The van der Waals surface area contributed by atoms with E-state index in [-0.39, 0.29) is 39.6 Å². The second-order valence-electron chi connectivity index (χ2n) is 10.1. The summed E-state index contributed by atoms with van der Waals surface area (Å²) in [7, 11) is 5.43. The number of hydrogen-bond acceptors (Lipinski definition) is 6. The number of carbonyl (C=O) groups excluding carboxylic acids is 3. The molecule has 2 heterocycles. The number of thiazole rings is 1. The lowest BCUT2D eigenvalue weighted by molar-refractivity contribution is -0.123. The number of aromatic amines is 1. The van der Waals surface area contributed by atoms with E-state index in [0.717, 1.165) is 44.2 Å². The fourth-order valence-corrected chi connectivity index (χ4v) is 5.80. The maximum absolute atomic E-state index is 13.2. The van der Waals surface area contributed by atoms with Gasteiger partial charge in [0.05, 0.1) is 5.56 Å². The van der Waals surface area contributed by atoms with E-state index in [1.54, 1.807) is 16.8 Å². The van der Waals surface area contributed by atoms with Gasteiger partial charge in [0, 0.05) is 49.7 Å². The highest BCUT2D eigenvalue weighted by molar-refractivity contribution is 7.19. The van der Waals surface area contributed by atoms with Crippen LogP contribution >= 0.6 is 22.9 Å². The first-order valence-corrected chi connectivity index (χ1v) is 13.8. The monoisotopic (exact) mass is 542 g/mol. The maximum Gasteiger partial charge on any atom is 0.277 e. The van der Waals surface area contributed by atoms with Crippen molar-refractivity contribution in [2.24, 2.45) is 5.92 Å². The molecule has 2 saturated carbocycles. The third kappa shape index (κ3) is 5.31. The first kappa shape index (κ1) is 25.5. The van der Waals surface area contributed by atoms with Gasteiger partial charge in [-0.25, -0.2) is 4.98 Å². The number of amides is 3. The molecule has 3 amide bonds. The first-order chi connectivity index (χ1) is 17.7. The minimum Gasteiger partial charge on any atom is -0.354 e. The topological polar surface area (TPSA) is 110 Å². The Balaban J connectivity index is 1.47. The van der Waals surface area contributed by atoms with Crippen LogP contribution in [-0.4, -0.2) is 54.9 Å². The van der Waals surface area contributed by atoms with Crippen LogP contribution in [-0.2, 0) is 4.79 Å². The van der Waals surface area contributed by atoms with Crippen molar-refractivity contribution < 1.29 is 14.4 Å². The number of fused-ring (bicyclic) bond motifs is 1. The van der Waals surface area contributed by atoms with Crippen molar-refractivity contribution in [1.82, 2.24) is 15.3 Å². The van der Waals surface area contributed by atoms with Crippen LogP contribution in [0.1, 0.15) is 65.8 Å². The number of nitrogens with zero attached hydrogens (tertiary/aromatic N) is 3. The van der Waals surface area contributed by atoms with Crippen LogP contribution in [0, 0.1) is 5.92 Å². The molecule has 0 spiro atoms. The summed E-state index contributed by atoms with van der Waals surface area (Å²) in [5.41, 5.74) is 1.83. The Bertz CT molecular complexity index is 1360. The van der Waals surface area contributed by atoms with E-state index in [9.17, 15) is 14.4 Å². The zero-order valence-electron chi connectivity index (χ0n) is 21.2. The van der Waals surface area contributed by atoms with Crippen molar-refractivity contribution >= 4 is 68.2 Å². The van der Waals surface area contributed by atoms with Crippen molar-refractivity contribution in [3.63, 3.8) is 0 Å². The summed E-state index contributed by atoms with van der Waals surface area (Å²) >= 11 is 7.50. The van der Waals surface area contributed by atoms with E-state index < -0.39 is 5.91 Å². The summed E-state index contributed by atoms with van der Waals surface area (Å²) in [5.74, 6) is -0.344. The van der Waals surface area contributed by atoms with Crippen molar-refractivity contribution in [3.8, 4) is 0 Å². The van der Waals surface area contributed by atoms with Crippen LogP contribution in [0.5, 0.6) is 0 Å². The van der Waals surface area contributed by atoms with Gasteiger partial charge in [-0.2, -0.15) is 0 Å². The number of aromatic nitrogens is 2. The Morgan fingerprint density at radius 2 is 1.78 bits per heavy atom. The van der Waals surface area contributed by atoms with Crippen LogP contribution < -0.4 is 20.4 Å². The second kappa shape index (κ2) is 10.3. The number of hydrogen-bond donors (Lipinski definition) is 3. The van der Waals surface area contributed by atoms with E-state index >= 15 is 0 Å². The molecule has 0 atom stereocenters. The molecule has 11 heteroatoms. The number of anilines is 3. The van der Waals surface area contributed by atoms with Crippen LogP contribution in [0.2, 0.25) is 4.34 Å². The van der Waals surface area contributed by atoms with Gasteiger partial charge in [-0.15, -0.1) is 0 Å². The van der Waals surface area contributed by atoms with E-state index in [0.29, 0.717) is 21.6 Å². The van der Waals surface area contributed by atoms with Gasteiger partial charge < -0.3 is 25.4 Å². The molecule has 9 nitrogen and oxygen atoms in total. The minimum absolute atomic E-state index is 0.0442. The minimum atomic E-state index is -0.508. The number of halogens is 1. The molecule has 0 saturated heterocycles. The molecule has 196 valence electrons. The zero-order valence-corrected chi connectivity index (χ0v) is 22.8. The Labute approximate surface area is 224 Å². The molecule has 0 bridgehead atoms. The average Bonchev–Trinajstić information content (AvgIpc) is 3.49. The second-order valence-corrected chi connectivity index (χ2v) is 11.6. The highest BCUT2D eigenvalue weighted by Crippen LogP contribution is 2.34. The molecule has 2 fully saturated rings. The van der Waals surface area contributed by atoms with Crippen molar-refractivity contribution in [2.45, 2.75) is 51.0 Å². The third-order valence-electron chi connectivity index (χ3n) is 7.00. The molecular formula is C26H31ClN6O3S. The van der Waals surface area contributed by atoms with Crippen molar-refractivity contribution in [3.05, 3.63) is 33.8 Å². The normalized spacial score (nSPS) is 16.0. The van der Waals surface area contributed by atoms with Gasteiger partial charge >= 0.3 is 0 Å². The number of rotatable bonds is 7. The van der Waals surface area contributed by atoms with Crippen LogP contribution in [0.4, 0.5) is 16.6 Å². The lowest BCUT2D eigenvalue weighted by atomic mass is 9.88. The lowest BCUT2D eigenvalue weighted by Crippen LogP contribution is -2.33. The summed E-state index contributed by atoms with van der Waals surface area (Å²) < 4.78 is 0.270. The Hall–Kier alpha value is -3.11. The molecule has 5 rings (SSSR count). The quantitative estimate of drug-likeness (QED) is 0.388. The molecule has 3 aromatic rings. The highest BCUT2D eigenvalue weighted by atomic mass is 35.5. The average molecular weight is 543 g/mol. The summed E-state index contributed by atoms with van der Waals surface area (Å²) in [6, 6.07) is 5.66. The van der Waals surface area contributed by atoms with Gasteiger partial charge in [0.1, 0.15) is 10.2 Å². The summed E-state index contributed by atoms with van der Waals surface area (Å²) in [5, 5.41) is 7.09. The Morgan fingerprint density at radius 3 is 2.43 bits per heavy atom. The largest absolute Gasteiger partial charge is 0.354 e. The van der Waals surface area contributed by atoms with E-state index in [2.05, 4.69) is 20.6 Å². The summed E-state index contributed by atoms with van der Waals surface area (Å²) in [6.45, 7) is 0. The molecule has 37 heavy (non-hydrogen) atoms. The smallest absolute Gasteiger partial charge is 0.277 e. The van der Waals surface area contributed by atoms with Crippen molar-refractivity contribution in [1.29, 1.82) is 0 Å². The predicted octanol–water partition coefficient (Wildman–Crippen LogP) is 5.03. The highest BCUT2D eigenvalue weighted by Gasteiger charge is 2.29. The predicted molar refractivity (Wildman–Crippen MR) is 148 cm³/mol. The molecule has 2 aliphatic carbocycles. The molecule has 3 N–H and O–H groups in total. The van der Waals surface area contributed by atoms with Crippen LogP contribution in [0.25, 0.3) is 10.9 Å². The SMILES string of the molecule is CN(C)c1nc(C(=O)Nc2[nH]c3cc(N(C)C(=O)C4CCCCC4)ccc3c2C(=O)NC2CC2)c(Cl)s1. The van der Waals surface area contributed by atoms with Gasteiger partial charge in [-0.3, -0.25) is 14.4 Å². The van der Waals surface area contributed by atoms with E-state index in [4.69, 9.17) is 11.6 Å². The Morgan fingerprint density at radius 1 is 1.05 bits per heavy atom. The number of nitrogens with one attached hydrogen (secondary N) is 3. The molecule has 0 aliphatic heterocycles. The summed E-state index contributed by atoms with van der Waals surface area (Å²) in [6.07, 6.45) is 7.08. The van der Waals surface area contributed by atoms with Crippen LogP contribution in [0.15, 0.2) is 18.2 Å². The molecule has 2 aliphatic rings. The lowest BCUT2D eigenvalue weighted by Gasteiger charge is -2.26. The zero-order chi connectivity index (χ0) is 26.3. The van der Waals surface area contributed by atoms with E-state index in [1.165, 1.54) is 17.8 Å². The standard InChI is InChI=1S/C26H31ClN6O3S/c1-32(2)26-30-20(21(27)37-26)24(35)31-22-19(23(34)28-15-9-10-15)17-12-11-16(13-18(17)29-22)33(3)25(36)14-7-5-4-6-8-14/h11-15,29H,4-10H2,1-3H3,(H,28,34)(H,31,35). The van der Waals surface area contributed by atoms with Gasteiger partial charge in [-0.1, -0.05) is 42.2 Å². The molecule has 0 radical (unpaired) electrons. The molecule has 2 aromatic heterocycles. The van der Waals surface area contributed by atoms with Gasteiger partial charge in [0.25, 0.3) is 11.8 Å². The first-order valence-electron chi connectivity index (χ1n) is 12.6. The van der Waals surface area contributed by atoms with Crippen molar-refractivity contribution in [2.75, 3.05) is 36.3 Å². The van der Waals surface area contributed by atoms with Crippen LogP contribution in [0.3, 0.4) is 0 Å². The maximum atomic E-state index is 13.2. The van der Waals surface area contributed by atoms with Gasteiger partial charge in [0.2, 0.25) is 5.91 Å². The molecule has 1 aromatic carbocycles. The van der Waals surface area contributed by atoms with Gasteiger partial charge in [0.15, 0.2) is 10.8 Å².